The molecule has 1 N–H and O–H groups in total. The third-order valence-electron chi connectivity index (χ3n) is 5.01. The Morgan fingerprint density at radius 1 is 0.857 bits per heavy atom. The van der Waals surface area contributed by atoms with Gasteiger partial charge < -0.3 is 4.42 Å². The van der Waals surface area contributed by atoms with Crippen molar-refractivity contribution < 1.29 is 14.0 Å². The normalized spacial score (nSPS) is 16.8. The van der Waals surface area contributed by atoms with Gasteiger partial charge in [0.05, 0.1) is 5.25 Å². The molecule has 1 aliphatic heterocycles. The van der Waals surface area contributed by atoms with Gasteiger partial charge in [0.25, 0.3) is 5.24 Å². The van der Waals surface area contributed by atoms with Crippen molar-refractivity contribution in [2.75, 3.05) is 0 Å². The van der Waals surface area contributed by atoms with E-state index in [0.29, 0.717) is 6.42 Å². The van der Waals surface area contributed by atoms with Gasteiger partial charge in [-0.15, -0.1) is 0 Å². The number of thioether (sulfide) groups is 1. The minimum absolute atomic E-state index is 0.209. The van der Waals surface area contributed by atoms with Crippen LogP contribution < -0.4 is 5.32 Å². The Kier molecular flexibility index (Phi) is 4.17. The number of carbonyl (C=O) groups is 2. The van der Waals surface area contributed by atoms with E-state index in [1.54, 1.807) is 0 Å². The molecule has 1 saturated heterocycles. The standard InChI is InChI=1S/C23H17NO3S/c25-22-21(28-23(26)24-22)12-15-6-8-20-18(10-15)13-19(27-20)11-14-5-7-16-3-1-2-4-17(16)9-14/h1-10,13,21H,11-12H2,(H,24,25,26). The smallest absolute Gasteiger partial charge is 0.286 e. The lowest BCUT2D eigenvalue weighted by Crippen LogP contribution is -2.25. The first-order valence-corrected chi connectivity index (χ1v) is 10.0. The van der Waals surface area contributed by atoms with Crippen LogP contribution in [0.3, 0.4) is 0 Å². The summed E-state index contributed by atoms with van der Waals surface area (Å²) in [6.45, 7) is 0. The minimum Gasteiger partial charge on any atom is -0.461 e. The van der Waals surface area contributed by atoms with E-state index in [4.69, 9.17) is 4.42 Å². The second-order valence-electron chi connectivity index (χ2n) is 7.03. The molecular formula is C23H17NO3S. The van der Waals surface area contributed by atoms with Crippen molar-refractivity contribution >= 4 is 44.6 Å². The molecule has 1 atom stereocenters. The molecule has 0 aliphatic carbocycles. The number of furan rings is 1. The fourth-order valence-electron chi connectivity index (χ4n) is 3.65. The zero-order valence-electron chi connectivity index (χ0n) is 15.0. The SMILES string of the molecule is O=C1NC(=O)C(Cc2ccc3oc(Cc4ccc5ccccc5c4)cc3c2)S1. The largest absolute Gasteiger partial charge is 0.461 e. The monoisotopic (exact) mass is 387 g/mol. The van der Waals surface area contributed by atoms with Gasteiger partial charge in [0.15, 0.2) is 0 Å². The lowest BCUT2D eigenvalue weighted by atomic mass is 10.0. The van der Waals surface area contributed by atoms with E-state index in [1.165, 1.54) is 16.3 Å². The predicted octanol–water partition coefficient (Wildman–Crippen LogP) is 5.07. The van der Waals surface area contributed by atoms with Crippen LogP contribution in [0.15, 0.2) is 71.1 Å². The molecule has 3 aromatic carbocycles. The molecule has 4 aromatic rings. The van der Waals surface area contributed by atoms with Crippen molar-refractivity contribution in [3.63, 3.8) is 0 Å². The molecule has 1 aliphatic rings. The summed E-state index contributed by atoms with van der Waals surface area (Å²) < 4.78 is 6.01. The number of hydrogen-bond acceptors (Lipinski definition) is 4. The van der Waals surface area contributed by atoms with Crippen molar-refractivity contribution in [3.05, 3.63) is 83.6 Å². The Bertz CT molecular complexity index is 1230. The van der Waals surface area contributed by atoms with Crippen LogP contribution in [0.2, 0.25) is 0 Å². The fraction of sp³-hybridized carbons (Fsp3) is 0.130. The van der Waals surface area contributed by atoms with Gasteiger partial charge in [0, 0.05) is 11.8 Å². The zero-order chi connectivity index (χ0) is 19.1. The van der Waals surface area contributed by atoms with Crippen LogP contribution in [0.4, 0.5) is 4.79 Å². The van der Waals surface area contributed by atoms with Gasteiger partial charge in [0.2, 0.25) is 5.91 Å². The van der Waals surface area contributed by atoms with Gasteiger partial charge in [-0.3, -0.25) is 14.9 Å². The molecule has 28 heavy (non-hydrogen) atoms. The number of carbonyl (C=O) groups excluding carboxylic acids is 2. The van der Waals surface area contributed by atoms with Gasteiger partial charge in [-0.2, -0.15) is 0 Å². The van der Waals surface area contributed by atoms with Crippen LogP contribution in [0.5, 0.6) is 0 Å². The molecule has 138 valence electrons. The molecule has 0 saturated carbocycles. The maximum atomic E-state index is 11.8. The summed E-state index contributed by atoms with van der Waals surface area (Å²) in [5.41, 5.74) is 3.06. The summed E-state index contributed by atoms with van der Waals surface area (Å²) in [5, 5.41) is 5.18. The molecule has 2 heterocycles. The first-order valence-electron chi connectivity index (χ1n) is 9.14. The van der Waals surface area contributed by atoms with Gasteiger partial charge in [-0.05, 0) is 46.5 Å². The number of amides is 2. The van der Waals surface area contributed by atoms with Gasteiger partial charge >= 0.3 is 0 Å². The summed E-state index contributed by atoms with van der Waals surface area (Å²) in [4.78, 5) is 23.1. The third-order valence-corrected chi connectivity index (χ3v) is 5.99. The Morgan fingerprint density at radius 2 is 1.64 bits per heavy atom. The maximum absolute atomic E-state index is 11.8. The van der Waals surface area contributed by atoms with Crippen LogP contribution in [0.1, 0.15) is 16.9 Å². The topological polar surface area (TPSA) is 59.3 Å². The third kappa shape index (κ3) is 3.29. The van der Waals surface area contributed by atoms with Crippen molar-refractivity contribution in [2.24, 2.45) is 0 Å². The second-order valence-corrected chi connectivity index (χ2v) is 8.21. The van der Waals surface area contributed by atoms with Crippen molar-refractivity contribution in [1.82, 2.24) is 5.32 Å². The molecule has 0 radical (unpaired) electrons. The van der Waals surface area contributed by atoms with E-state index >= 15 is 0 Å². The van der Waals surface area contributed by atoms with Gasteiger partial charge in [-0.25, -0.2) is 0 Å². The number of benzene rings is 3. The molecule has 0 bridgehead atoms. The molecule has 1 fully saturated rings. The average molecular weight is 387 g/mol. The predicted molar refractivity (Wildman–Crippen MR) is 112 cm³/mol. The molecule has 0 spiro atoms. The van der Waals surface area contributed by atoms with Crippen LogP contribution in [-0.4, -0.2) is 16.4 Å². The first-order chi connectivity index (χ1) is 13.6. The molecule has 1 unspecified atom stereocenters. The molecule has 1 aromatic heterocycles. The van der Waals surface area contributed by atoms with Crippen LogP contribution in [-0.2, 0) is 17.6 Å². The number of hydrogen-bond donors (Lipinski definition) is 1. The Labute approximate surface area is 165 Å². The van der Waals surface area contributed by atoms with Crippen LogP contribution in [0, 0.1) is 0 Å². The van der Waals surface area contributed by atoms with Crippen LogP contribution in [0.25, 0.3) is 21.7 Å². The quantitative estimate of drug-likeness (QED) is 0.531. The molecule has 5 rings (SSSR count). The summed E-state index contributed by atoms with van der Waals surface area (Å²) in [7, 11) is 0. The van der Waals surface area contributed by atoms with E-state index in [-0.39, 0.29) is 16.4 Å². The van der Waals surface area contributed by atoms with Crippen molar-refractivity contribution in [3.8, 4) is 0 Å². The highest BCUT2D eigenvalue weighted by Gasteiger charge is 2.31. The molecule has 4 nitrogen and oxygen atoms in total. The van der Waals surface area contributed by atoms with E-state index < -0.39 is 0 Å². The van der Waals surface area contributed by atoms with Crippen LogP contribution >= 0.6 is 11.8 Å². The maximum Gasteiger partial charge on any atom is 0.286 e. The van der Waals surface area contributed by atoms with Gasteiger partial charge in [-0.1, -0.05) is 60.3 Å². The highest BCUT2D eigenvalue weighted by molar-refractivity contribution is 8.15. The number of fused-ring (bicyclic) bond motifs is 2. The van der Waals surface area contributed by atoms with E-state index in [1.807, 2.05) is 30.3 Å². The van der Waals surface area contributed by atoms with E-state index in [0.717, 1.165) is 40.5 Å². The highest BCUT2D eigenvalue weighted by Crippen LogP contribution is 2.27. The van der Waals surface area contributed by atoms with Crippen molar-refractivity contribution in [1.29, 1.82) is 0 Å². The first kappa shape index (κ1) is 17.1. The Hall–Kier alpha value is -3.05. The summed E-state index contributed by atoms with van der Waals surface area (Å²) in [6, 6.07) is 22.8. The lowest BCUT2D eigenvalue weighted by molar-refractivity contribution is -0.118. The van der Waals surface area contributed by atoms with Gasteiger partial charge in [0.1, 0.15) is 11.3 Å². The molecular weight excluding hydrogens is 370 g/mol. The lowest BCUT2D eigenvalue weighted by Gasteiger charge is -2.04. The summed E-state index contributed by atoms with van der Waals surface area (Å²) >= 11 is 1.06. The molecule has 5 heteroatoms. The number of nitrogens with one attached hydrogen (secondary N) is 1. The summed E-state index contributed by atoms with van der Waals surface area (Å²) in [5.74, 6) is 0.699. The van der Waals surface area contributed by atoms with Crippen molar-refractivity contribution in [2.45, 2.75) is 18.1 Å². The minimum atomic E-state index is -0.353. The number of rotatable bonds is 4. The Morgan fingerprint density at radius 3 is 2.46 bits per heavy atom. The Balaban J connectivity index is 1.38. The summed E-state index contributed by atoms with van der Waals surface area (Å²) in [6.07, 6.45) is 1.26. The molecule has 2 amide bonds. The highest BCUT2D eigenvalue weighted by atomic mass is 32.2. The second kappa shape index (κ2) is 6.84. The number of imide groups is 1. The average Bonchev–Trinajstić information content (AvgIpc) is 3.23. The van der Waals surface area contributed by atoms with E-state index in [9.17, 15) is 9.59 Å². The zero-order valence-corrected chi connectivity index (χ0v) is 15.8. The van der Waals surface area contributed by atoms with E-state index in [2.05, 4.69) is 41.7 Å². The fourth-order valence-corrected chi connectivity index (χ4v) is 4.51.